The van der Waals surface area contributed by atoms with E-state index in [1.54, 1.807) is 0 Å². The molecule has 15 heteroatoms. The van der Waals surface area contributed by atoms with Crippen molar-refractivity contribution >= 4 is 265 Å². The smallest absolute Gasteiger partial charge is 0.221 e. The molecule has 682 valence electrons. The Labute approximate surface area is 843 Å². The highest BCUT2D eigenvalue weighted by atomic mass is 32.1. The van der Waals surface area contributed by atoms with E-state index in [4.69, 9.17) is 34.3 Å². The van der Waals surface area contributed by atoms with Gasteiger partial charge < -0.3 is 4.42 Å². The van der Waals surface area contributed by atoms with Gasteiger partial charge in [-0.3, -0.25) is 26.9 Å². The monoisotopic (exact) mass is 1910 g/mol. The molecule has 34 aromatic rings. The Morgan fingerprint density at radius 3 is 0.844 bits per heavy atom. The van der Waals surface area contributed by atoms with Gasteiger partial charge in [-0.1, -0.05) is 309 Å². The number of thiophene rings is 2. The van der Waals surface area contributed by atoms with Crippen LogP contribution < -0.4 is 0 Å². The Hall–Kier alpha value is -19.3. The molecule has 0 aliphatic rings. The van der Waals surface area contributed by atoms with Crippen LogP contribution in [0.5, 0.6) is 0 Å². The Balaban J connectivity index is 0.0000000982. The number of benzene rings is 22. The molecule has 12 heterocycles. The number of aromatic nitrogens is 12. The molecule has 147 heavy (non-hydrogen) atoms. The van der Waals surface area contributed by atoms with Crippen molar-refractivity contribution < 1.29 is 4.42 Å². The molecule has 0 aliphatic carbocycles. The van der Waals surface area contributed by atoms with Crippen molar-refractivity contribution in [1.82, 2.24) is 56.8 Å². The predicted molar refractivity (Wildman–Crippen MR) is 614 cm³/mol. The van der Waals surface area contributed by atoms with Gasteiger partial charge in [-0.2, -0.15) is 0 Å². The second-order valence-corrected chi connectivity index (χ2v) is 40.4. The van der Waals surface area contributed by atoms with Gasteiger partial charge in [0.25, 0.3) is 0 Å². The van der Waals surface area contributed by atoms with E-state index in [9.17, 15) is 0 Å². The van der Waals surface area contributed by atoms with E-state index in [1.165, 1.54) is 139 Å². The van der Waals surface area contributed by atoms with Crippen LogP contribution in [0.3, 0.4) is 0 Å². The third-order valence-electron chi connectivity index (χ3n) is 30.3. The summed E-state index contributed by atoms with van der Waals surface area (Å²) < 4.78 is 25.4. The predicted octanol–water partition coefficient (Wildman–Crippen LogP) is 35.2. The highest BCUT2D eigenvalue weighted by Gasteiger charge is 2.30. The summed E-state index contributed by atoms with van der Waals surface area (Å²) in [7, 11) is 0. The number of para-hydroxylation sites is 13. The number of hydrogen-bond acceptors (Lipinski definition) is 9. The molecule has 22 aromatic carbocycles. The largest absolute Gasteiger partial charge is 0.456 e. The molecule has 0 amide bonds. The second-order valence-electron chi connectivity index (χ2n) is 38.2. The van der Waals surface area contributed by atoms with Crippen LogP contribution in [0.4, 0.5) is 0 Å². The van der Waals surface area contributed by atoms with E-state index in [2.05, 4.69) is 464 Å². The molecule has 0 fully saturated rings. The maximum absolute atomic E-state index is 6.33. The minimum Gasteiger partial charge on any atom is -0.456 e. The lowest BCUT2D eigenvalue weighted by atomic mass is 9.94. The van der Waals surface area contributed by atoms with Crippen LogP contribution in [0.25, 0.3) is 305 Å². The molecule has 0 saturated carbocycles. The minimum absolute atomic E-state index is 0.820. The second kappa shape index (κ2) is 31.6. The van der Waals surface area contributed by atoms with E-state index < -0.39 is 0 Å². The van der Waals surface area contributed by atoms with Gasteiger partial charge in [0.1, 0.15) is 28.1 Å². The highest BCUT2D eigenvalue weighted by molar-refractivity contribution is 7.26. The van der Waals surface area contributed by atoms with E-state index in [-0.39, 0.29) is 0 Å². The third-order valence-corrected chi connectivity index (χ3v) is 32.6. The van der Waals surface area contributed by atoms with Crippen LogP contribution >= 0.6 is 22.7 Å². The van der Waals surface area contributed by atoms with Crippen molar-refractivity contribution in [3.05, 3.63) is 461 Å². The first-order valence-electron chi connectivity index (χ1n) is 49.6. The summed E-state index contributed by atoms with van der Waals surface area (Å²) in [4.78, 5) is 31.6. The van der Waals surface area contributed by atoms with Crippen molar-refractivity contribution in [2.75, 3.05) is 0 Å². The van der Waals surface area contributed by atoms with E-state index in [0.717, 1.165) is 167 Å². The summed E-state index contributed by atoms with van der Waals surface area (Å²) >= 11 is 3.73. The van der Waals surface area contributed by atoms with Crippen LogP contribution in [-0.2, 0) is 0 Å². The van der Waals surface area contributed by atoms with Crippen LogP contribution in [0.15, 0.2) is 465 Å². The van der Waals surface area contributed by atoms with Crippen LogP contribution in [0.1, 0.15) is 0 Å². The van der Waals surface area contributed by atoms with E-state index in [0.29, 0.717) is 0 Å². The van der Waals surface area contributed by atoms with Gasteiger partial charge in [0.05, 0.1) is 82.8 Å². The summed E-state index contributed by atoms with van der Waals surface area (Å²) in [6.45, 7) is 0. The first-order valence-corrected chi connectivity index (χ1v) is 51.2. The topological polar surface area (TPSA) is 119 Å². The van der Waals surface area contributed by atoms with Gasteiger partial charge in [0, 0.05) is 116 Å². The van der Waals surface area contributed by atoms with E-state index in [1.807, 2.05) is 46.9 Å². The molecule has 0 unspecified atom stereocenters. The third kappa shape index (κ3) is 12.1. The summed E-state index contributed by atoms with van der Waals surface area (Å²) in [6.07, 6.45) is 0. The number of imidazole rings is 3. The molecular weight excluding hydrogens is 1830 g/mol. The first-order chi connectivity index (χ1) is 72.9. The van der Waals surface area contributed by atoms with Gasteiger partial charge in [-0.05, 0) is 212 Å². The summed E-state index contributed by atoms with van der Waals surface area (Å²) in [5.41, 5.74) is 29.6. The van der Waals surface area contributed by atoms with Gasteiger partial charge in [-0.25, -0.2) is 29.9 Å². The zero-order chi connectivity index (χ0) is 95.9. The normalized spacial score (nSPS) is 12.2. The van der Waals surface area contributed by atoms with Gasteiger partial charge in [0.15, 0.2) is 0 Å². The van der Waals surface area contributed by atoms with Gasteiger partial charge in [-0.15, -0.1) is 22.7 Å². The van der Waals surface area contributed by atoms with Crippen molar-refractivity contribution in [2.24, 2.45) is 0 Å². The Bertz CT molecular complexity index is 11300. The fraction of sp³-hybridized carbons (Fsp3) is 0. The molecule has 12 aromatic heterocycles. The minimum atomic E-state index is 0.820. The lowest BCUT2D eigenvalue weighted by molar-refractivity contribution is 0.669. The Kier molecular flexibility index (Phi) is 17.5. The quantitative estimate of drug-likeness (QED) is 0.156. The molecule has 0 bridgehead atoms. The lowest BCUT2D eigenvalue weighted by Crippen LogP contribution is -2.06. The summed E-state index contributed by atoms with van der Waals surface area (Å²) in [5, 5.41) is 24.9. The maximum atomic E-state index is 6.33. The summed E-state index contributed by atoms with van der Waals surface area (Å²) in [5.74, 6) is 2.49. The number of rotatable bonds is 7. The molecule has 34 rings (SSSR count). The molecule has 0 saturated heterocycles. The average Bonchev–Trinajstić information content (AvgIpc) is 1.54. The fourth-order valence-corrected chi connectivity index (χ4v) is 26.1. The van der Waals surface area contributed by atoms with Gasteiger partial charge in [0.2, 0.25) is 17.8 Å². The SMILES string of the molecule is c1ccc2c(c1)nc(-n1c3ccccc3c3cc(-c4ccc(-c5ccc6c(c5)sc5ccccc56)cc4)c4ccccc4c31)n1c3ccccc3nc21.c1ccc2c(c1)nc(-n1c3ccccc3c3cc(-c4ccc5c(c4)oc4ccccc45)c4ccccc4c31)n1c3ccccc3nc21.c1ccc2c(c1)nc(-n1c3ccccc3c3cc(-c4ccc5c(c4)sc4ccccc45)c4ccccc4c31)n1c3ccccc3nc21. The number of nitrogens with zero attached hydrogens (tertiary/aromatic N) is 12. The lowest BCUT2D eigenvalue weighted by Gasteiger charge is -2.15. The van der Waals surface area contributed by atoms with Gasteiger partial charge >= 0.3 is 0 Å². The molecule has 0 N–H and O–H groups in total. The number of fused-ring (bicyclic) bond motifs is 39. The average molecular weight is 1910 g/mol. The maximum Gasteiger partial charge on any atom is 0.221 e. The molecule has 0 spiro atoms. The van der Waals surface area contributed by atoms with Crippen molar-refractivity contribution in [1.29, 1.82) is 0 Å². The zero-order valence-corrected chi connectivity index (χ0v) is 80.1. The number of furan rings is 1. The Morgan fingerprint density at radius 1 is 0.163 bits per heavy atom. The van der Waals surface area contributed by atoms with E-state index >= 15 is 0 Å². The molecule has 0 atom stereocenters. The molecule has 0 radical (unpaired) electrons. The number of hydrogen-bond donors (Lipinski definition) is 0. The first kappa shape index (κ1) is 81.4. The molecule has 0 aliphatic heterocycles. The summed E-state index contributed by atoms with van der Waals surface area (Å²) in [6, 6.07) is 165. The molecule has 13 nitrogen and oxygen atoms in total. The molecular formula is C132H76N12OS2. The zero-order valence-electron chi connectivity index (χ0n) is 78.5. The van der Waals surface area contributed by atoms with Crippen molar-refractivity contribution in [3.63, 3.8) is 0 Å². The van der Waals surface area contributed by atoms with Crippen molar-refractivity contribution in [3.8, 4) is 62.4 Å². The van der Waals surface area contributed by atoms with Crippen LogP contribution in [0.2, 0.25) is 0 Å². The van der Waals surface area contributed by atoms with Crippen molar-refractivity contribution in [2.45, 2.75) is 0 Å². The Morgan fingerprint density at radius 2 is 0.435 bits per heavy atom. The fourth-order valence-electron chi connectivity index (χ4n) is 23.8. The standard InChI is InChI=1S/C48H28N4S.C42H24N4O.C42H24N4S/c1-2-14-36-32(11-1)38(30-23-21-29(22-24-30)31-25-26-35-34-13-5-10-20-44(34)53-45(35)27-31)28-39-33-12-4-8-18-42(33)51(46(36)39)48-50-40-16-6-3-15-37(40)47-49-41-17-7-9-19-43(41)52(47)48;2*1-2-14-30-26(11-1)32(25-21-22-29-28-13-5-10-20-38(28)47-39(29)23-25)24-33-27-12-4-8-18-36(27)45(40(30)33)42-44-34-16-6-3-15-31(34)41-43-35-17-7-9-19-37(35)46(41)42/h1-28H;2*1-24H. The van der Waals surface area contributed by atoms with Crippen LogP contribution in [0, 0.1) is 0 Å². The highest BCUT2D eigenvalue weighted by Crippen LogP contribution is 2.50. The van der Waals surface area contributed by atoms with Crippen LogP contribution in [-0.4, -0.2) is 56.8 Å².